The van der Waals surface area contributed by atoms with Crippen molar-refractivity contribution in [3.63, 3.8) is 0 Å². The maximum atomic E-state index is 4.66. The third-order valence-electron chi connectivity index (χ3n) is 4.38. The minimum atomic E-state index is 0.243. The first-order chi connectivity index (χ1) is 8.42. The van der Waals surface area contributed by atoms with Gasteiger partial charge in [-0.2, -0.15) is 0 Å². The number of hydrogen-bond acceptors (Lipinski definition) is 2. The van der Waals surface area contributed by atoms with Crippen molar-refractivity contribution in [2.45, 2.75) is 44.1 Å². The molecule has 0 aromatic carbocycles. The van der Waals surface area contributed by atoms with E-state index in [1.807, 2.05) is 12.3 Å². The molecule has 1 saturated carbocycles. The van der Waals surface area contributed by atoms with E-state index in [1.54, 1.807) is 0 Å². The molecule has 0 spiro atoms. The van der Waals surface area contributed by atoms with Crippen LogP contribution in [0.25, 0.3) is 0 Å². The van der Waals surface area contributed by atoms with Gasteiger partial charge in [-0.3, -0.25) is 9.88 Å². The summed E-state index contributed by atoms with van der Waals surface area (Å²) in [5, 5.41) is 0. The van der Waals surface area contributed by atoms with Crippen LogP contribution in [-0.2, 0) is 5.54 Å². The number of likely N-dealkylation sites (tertiary alicyclic amines) is 1. The first-order valence-electron chi connectivity index (χ1n) is 6.90. The second-order valence-corrected chi connectivity index (χ2v) is 5.33. The third-order valence-corrected chi connectivity index (χ3v) is 4.38. The van der Waals surface area contributed by atoms with E-state index in [0.717, 1.165) is 6.54 Å². The molecule has 0 bridgehead atoms. The lowest BCUT2D eigenvalue weighted by atomic mass is 9.77. The Hall–Kier alpha value is -0.890. The highest BCUT2D eigenvalue weighted by Gasteiger charge is 2.41. The first-order valence-corrected chi connectivity index (χ1v) is 6.90. The highest BCUT2D eigenvalue weighted by atomic mass is 15.2. The van der Waals surface area contributed by atoms with Gasteiger partial charge in [0.25, 0.3) is 0 Å². The molecular formula is C15H21N2. The van der Waals surface area contributed by atoms with Gasteiger partial charge in [0.05, 0.1) is 11.2 Å². The second kappa shape index (κ2) is 4.77. The Bertz CT molecular complexity index is 348. The van der Waals surface area contributed by atoms with Gasteiger partial charge in [0.15, 0.2) is 0 Å². The summed E-state index contributed by atoms with van der Waals surface area (Å²) in [6.07, 6.45) is 12.3. The summed E-state index contributed by atoms with van der Waals surface area (Å²) in [6, 6.07) is 6.39. The van der Waals surface area contributed by atoms with Gasteiger partial charge < -0.3 is 0 Å². The van der Waals surface area contributed by atoms with Crippen LogP contribution in [0.3, 0.4) is 0 Å². The van der Waals surface area contributed by atoms with Crippen molar-refractivity contribution in [2.24, 2.45) is 0 Å². The molecule has 1 aromatic rings. The van der Waals surface area contributed by atoms with Gasteiger partial charge in [0.1, 0.15) is 0 Å². The summed E-state index contributed by atoms with van der Waals surface area (Å²) in [7, 11) is 0. The minimum absolute atomic E-state index is 0.243. The van der Waals surface area contributed by atoms with Crippen LogP contribution in [0.1, 0.15) is 44.2 Å². The number of hydrogen-bond donors (Lipinski definition) is 0. The number of aromatic nitrogens is 1. The van der Waals surface area contributed by atoms with Gasteiger partial charge in [-0.05, 0) is 44.4 Å². The van der Waals surface area contributed by atoms with Crippen LogP contribution in [0.15, 0.2) is 24.4 Å². The highest BCUT2D eigenvalue weighted by molar-refractivity contribution is 5.18. The van der Waals surface area contributed by atoms with Crippen LogP contribution < -0.4 is 0 Å². The zero-order valence-corrected chi connectivity index (χ0v) is 10.4. The molecule has 1 saturated heterocycles. The Morgan fingerprint density at radius 1 is 1.12 bits per heavy atom. The summed E-state index contributed by atoms with van der Waals surface area (Å²) in [4.78, 5) is 7.32. The molecule has 2 heterocycles. The van der Waals surface area contributed by atoms with Crippen molar-refractivity contribution in [1.29, 1.82) is 0 Å². The highest BCUT2D eigenvalue weighted by Crippen LogP contribution is 2.42. The van der Waals surface area contributed by atoms with Crippen LogP contribution >= 0.6 is 0 Å². The lowest BCUT2D eigenvalue weighted by Gasteiger charge is -2.44. The zero-order chi connectivity index (χ0) is 11.6. The summed E-state index contributed by atoms with van der Waals surface area (Å²) in [6.45, 7) is 2.37. The largest absolute Gasteiger partial charge is 0.292 e. The van der Waals surface area contributed by atoms with E-state index in [0.29, 0.717) is 0 Å². The van der Waals surface area contributed by atoms with Crippen LogP contribution in [0.5, 0.6) is 0 Å². The fourth-order valence-corrected chi connectivity index (χ4v) is 3.48. The molecule has 0 N–H and O–H groups in total. The van der Waals surface area contributed by atoms with Gasteiger partial charge >= 0.3 is 0 Å². The molecule has 3 rings (SSSR count). The van der Waals surface area contributed by atoms with Gasteiger partial charge in [-0.15, -0.1) is 0 Å². The zero-order valence-electron chi connectivity index (χ0n) is 10.4. The number of rotatable bonds is 2. The van der Waals surface area contributed by atoms with Crippen LogP contribution in [0.4, 0.5) is 0 Å². The van der Waals surface area contributed by atoms with E-state index in [-0.39, 0.29) is 5.54 Å². The quantitative estimate of drug-likeness (QED) is 0.774. The maximum absolute atomic E-state index is 4.66. The van der Waals surface area contributed by atoms with Gasteiger partial charge in [-0.1, -0.05) is 25.3 Å². The predicted octanol–water partition coefficient (Wildman–Crippen LogP) is 3.15. The van der Waals surface area contributed by atoms with Crippen molar-refractivity contribution in [3.8, 4) is 0 Å². The van der Waals surface area contributed by atoms with E-state index in [9.17, 15) is 0 Å². The average Bonchev–Trinajstić information content (AvgIpc) is 2.95. The molecule has 1 radical (unpaired) electrons. The molecule has 91 valence electrons. The summed E-state index contributed by atoms with van der Waals surface area (Å²) < 4.78 is 0. The maximum Gasteiger partial charge on any atom is 0.0633 e. The molecule has 0 unspecified atom stereocenters. The number of pyridine rings is 1. The fraction of sp³-hybridized carbons (Fsp3) is 0.600. The molecule has 2 fully saturated rings. The van der Waals surface area contributed by atoms with Crippen LogP contribution in [-0.4, -0.2) is 23.0 Å². The summed E-state index contributed by atoms with van der Waals surface area (Å²) in [5.74, 6) is 0. The van der Waals surface area contributed by atoms with Crippen molar-refractivity contribution < 1.29 is 0 Å². The normalized spacial score (nSPS) is 24.9. The fourth-order valence-electron chi connectivity index (χ4n) is 3.48. The van der Waals surface area contributed by atoms with E-state index in [2.05, 4.69) is 28.4 Å². The van der Waals surface area contributed by atoms with E-state index < -0.39 is 0 Å². The van der Waals surface area contributed by atoms with E-state index in [1.165, 1.54) is 50.8 Å². The molecule has 0 amide bonds. The van der Waals surface area contributed by atoms with Crippen LogP contribution in [0.2, 0.25) is 0 Å². The smallest absolute Gasteiger partial charge is 0.0633 e. The Morgan fingerprint density at radius 2 is 2.00 bits per heavy atom. The lowest BCUT2D eigenvalue weighted by Crippen LogP contribution is -2.46. The summed E-state index contributed by atoms with van der Waals surface area (Å²) >= 11 is 0. The Labute approximate surface area is 104 Å². The van der Waals surface area contributed by atoms with Crippen molar-refractivity contribution in [2.75, 3.05) is 13.1 Å². The van der Waals surface area contributed by atoms with Crippen molar-refractivity contribution in [3.05, 3.63) is 36.5 Å². The SMILES string of the molecule is [CH]1CCN(C2(c3ccccn3)CCCCC2)C1. The second-order valence-electron chi connectivity index (χ2n) is 5.33. The standard InChI is InChI=1S/C15H21N2/c1-3-9-15(10-4-1,17-12-6-7-13-17)14-8-2-5-11-16-14/h2,5-6,8,11H,1,3-4,7,9-10,12-13H2. The van der Waals surface area contributed by atoms with E-state index >= 15 is 0 Å². The molecule has 0 atom stereocenters. The average molecular weight is 229 g/mol. The van der Waals surface area contributed by atoms with Gasteiger partial charge in [0, 0.05) is 12.7 Å². The molecule has 2 heteroatoms. The lowest BCUT2D eigenvalue weighted by molar-refractivity contribution is 0.0687. The summed E-state index contributed by atoms with van der Waals surface area (Å²) in [5.41, 5.74) is 1.54. The van der Waals surface area contributed by atoms with E-state index in [4.69, 9.17) is 0 Å². The molecule has 1 aliphatic heterocycles. The third kappa shape index (κ3) is 1.99. The van der Waals surface area contributed by atoms with Crippen molar-refractivity contribution >= 4 is 0 Å². The molecular weight excluding hydrogens is 208 g/mol. The predicted molar refractivity (Wildman–Crippen MR) is 69.5 cm³/mol. The number of nitrogens with zero attached hydrogens (tertiary/aromatic N) is 2. The van der Waals surface area contributed by atoms with Gasteiger partial charge in [-0.25, -0.2) is 0 Å². The minimum Gasteiger partial charge on any atom is -0.292 e. The Morgan fingerprint density at radius 3 is 2.65 bits per heavy atom. The van der Waals surface area contributed by atoms with Gasteiger partial charge in [0.2, 0.25) is 0 Å². The van der Waals surface area contributed by atoms with Crippen LogP contribution in [0, 0.1) is 6.42 Å². The Balaban J connectivity index is 1.95. The molecule has 2 aliphatic rings. The molecule has 1 aliphatic carbocycles. The topological polar surface area (TPSA) is 16.1 Å². The molecule has 1 aromatic heterocycles. The first kappa shape index (κ1) is 11.2. The Kier molecular flexibility index (Phi) is 3.15. The monoisotopic (exact) mass is 229 g/mol. The molecule has 17 heavy (non-hydrogen) atoms. The van der Waals surface area contributed by atoms with Crippen molar-refractivity contribution in [1.82, 2.24) is 9.88 Å². The molecule has 2 nitrogen and oxygen atoms in total.